The van der Waals surface area contributed by atoms with E-state index in [1.54, 1.807) is 11.4 Å². The minimum Gasteiger partial charge on any atom is -0.398 e. The van der Waals surface area contributed by atoms with E-state index in [2.05, 4.69) is 25.6 Å². The fourth-order valence-electron chi connectivity index (χ4n) is 1.35. The van der Waals surface area contributed by atoms with E-state index in [1.165, 1.54) is 12.1 Å². The molecule has 0 fully saturated rings. The van der Waals surface area contributed by atoms with E-state index in [-0.39, 0.29) is 16.3 Å². The molecule has 0 unspecified atom stereocenters. The van der Waals surface area contributed by atoms with Gasteiger partial charge in [-0.3, -0.25) is 4.79 Å². The highest BCUT2D eigenvalue weighted by atomic mass is 79.9. The van der Waals surface area contributed by atoms with Gasteiger partial charge in [0.2, 0.25) is 10.0 Å². The van der Waals surface area contributed by atoms with Gasteiger partial charge in [-0.15, -0.1) is 0 Å². The fraction of sp³-hybridized carbons (Fsp3) is 0.100. The molecule has 9 heteroatoms. The molecule has 0 aliphatic heterocycles. The highest BCUT2D eigenvalue weighted by Crippen LogP contribution is 2.22. The van der Waals surface area contributed by atoms with E-state index < -0.39 is 10.0 Å². The molecule has 1 aromatic carbocycles. The van der Waals surface area contributed by atoms with Gasteiger partial charge in [-0.05, 0) is 34.1 Å². The van der Waals surface area contributed by atoms with E-state index in [1.807, 2.05) is 0 Å². The van der Waals surface area contributed by atoms with Gasteiger partial charge in [-0.2, -0.15) is 0 Å². The number of thiazole rings is 1. The van der Waals surface area contributed by atoms with Crippen LogP contribution in [0.3, 0.4) is 0 Å². The van der Waals surface area contributed by atoms with E-state index in [0.29, 0.717) is 15.9 Å². The number of aromatic amines is 1. The van der Waals surface area contributed by atoms with Crippen molar-refractivity contribution in [3.05, 3.63) is 43.4 Å². The van der Waals surface area contributed by atoms with Gasteiger partial charge in [0.15, 0.2) is 0 Å². The van der Waals surface area contributed by atoms with Gasteiger partial charge >= 0.3 is 4.87 Å². The molecular weight excluding hydrogens is 354 g/mol. The number of hydrogen-bond acceptors (Lipinski definition) is 5. The molecule has 6 nitrogen and oxygen atoms in total. The second-order valence-electron chi connectivity index (χ2n) is 3.68. The van der Waals surface area contributed by atoms with Gasteiger partial charge in [-0.1, -0.05) is 11.3 Å². The Morgan fingerprint density at radius 2 is 2.16 bits per heavy atom. The molecule has 102 valence electrons. The highest BCUT2D eigenvalue weighted by molar-refractivity contribution is 9.10. The monoisotopic (exact) mass is 363 g/mol. The maximum absolute atomic E-state index is 12.0. The van der Waals surface area contributed by atoms with Crippen molar-refractivity contribution in [2.75, 3.05) is 5.73 Å². The Balaban J connectivity index is 2.18. The van der Waals surface area contributed by atoms with Gasteiger partial charge in [0, 0.05) is 21.2 Å². The Morgan fingerprint density at radius 3 is 2.74 bits per heavy atom. The van der Waals surface area contributed by atoms with Crippen LogP contribution in [0.5, 0.6) is 0 Å². The molecule has 0 saturated heterocycles. The average molecular weight is 364 g/mol. The summed E-state index contributed by atoms with van der Waals surface area (Å²) < 4.78 is 27.0. The zero-order chi connectivity index (χ0) is 14.0. The maximum atomic E-state index is 12.0. The molecule has 0 saturated carbocycles. The smallest absolute Gasteiger partial charge is 0.304 e. The minimum atomic E-state index is -3.66. The summed E-state index contributed by atoms with van der Waals surface area (Å²) in [5.74, 6) is 0. The second kappa shape index (κ2) is 5.45. The summed E-state index contributed by atoms with van der Waals surface area (Å²) in [5.41, 5.74) is 6.50. The lowest BCUT2D eigenvalue weighted by Gasteiger charge is -2.07. The first kappa shape index (κ1) is 14.3. The summed E-state index contributed by atoms with van der Waals surface area (Å²) >= 11 is 4.18. The average Bonchev–Trinajstić information content (AvgIpc) is 2.76. The van der Waals surface area contributed by atoms with E-state index >= 15 is 0 Å². The number of sulfonamides is 1. The quantitative estimate of drug-likeness (QED) is 0.711. The molecule has 19 heavy (non-hydrogen) atoms. The summed E-state index contributed by atoms with van der Waals surface area (Å²) in [6.45, 7) is 0.0248. The molecule has 4 N–H and O–H groups in total. The number of hydrogen-bond donors (Lipinski definition) is 3. The Hall–Kier alpha value is -1.16. The van der Waals surface area contributed by atoms with Gasteiger partial charge in [0.05, 0.1) is 11.4 Å². The number of nitrogen functional groups attached to an aromatic ring is 1. The second-order valence-corrected chi connectivity index (χ2v) is 7.14. The van der Waals surface area contributed by atoms with Crippen LogP contribution in [0.4, 0.5) is 5.69 Å². The van der Waals surface area contributed by atoms with Crippen molar-refractivity contribution in [3.63, 3.8) is 0 Å². The SMILES string of the molecule is Nc1cc(S(=O)(=O)NCc2csc(=O)[nH]2)ccc1Br. The van der Waals surface area contributed by atoms with Gasteiger partial charge in [0.1, 0.15) is 0 Å². The molecule has 0 bridgehead atoms. The standard InChI is InChI=1S/C10H10BrN3O3S2/c11-8-2-1-7(3-9(8)12)19(16,17)13-4-6-5-18-10(15)14-6/h1-3,5,13H,4,12H2,(H,14,15). The Bertz CT molecular complexity index is 751. The van der Waals surface area contributed by atoms with Gasteiger partial charge in [0.25, 0.3) is 0 Å². The Kier molecular flexibility index (Phi) is 4.09. The lowest BCUT2D eigenvalue weighted by Crippen LogP contribution is -2.23. The molecule has 0 aliphatic rings. The number of halogens is 1. The molecule has 1 heterocycles. The van der Waals surface area contributed by atoms with Crippen molar-refractivity contribution in [1.82, 2.24) is 9.71 Å². The van der Waals surface area contributed by atoms with Crippen molar-refractivity contribution >= 4 is 43.0 Å². The van der Waals surface area contributed by atoms with Crippen LogP contribution in [0, 0.1) is 0 Å². The summed E-state index contributed by atoms with van der Waals surface area (Å²) in [6, 6.07) is 4.37. The molecule has 0 atom stereocenters. The number of anilines is 1. The Labute approximate surface area is 121 Å². The third-order valence-corrected chi connectivity index (χ3v) is 5.14. The molecule has 0 spiro atoms. The molecule has 2 aromatic rings. The van der Waals surface area contributed by atoms with Crippen LogP contribution in [0.15, 0.2) is 37.7 Å². The normalized spacial score (nSPS) is 11.6. The number of H-pyrrole nitrogens is 1. The summed E-state index contributed by atoms with van der Waals surface area (Å²) in [4.78, 5) is 13.3. The number of aromatic nitrogens is 1. The van der Waals surface area contributed by atoms with Crippen LogP contribution in [-0.2, 0) is 16.6 Å². The molecule has 2 rings (SSSR count). The third kappa shape index (κ3) is 3.44. The van der Waals surface area contributed by atoms with Crippen molar-refractivity contribution in [1.29, 1.82) is 0 Å². The van der Waals surface area contributed by atoms with Crippen LogP contribution >= 0.6 is 27.3 Å². The van der Waals surface area contributed by atoms with Crippen LogP contribution in [0.25, 0.3) is 0 Å². The van der Waals surface area contributed by atoms with Crippen LogP contribution in [0.2, 0.25) is 0 Å². The third-order valence-electron chi connectivity index (χ3n) is 2.30. The molecular formula is C10H10BrN3O3S2. The fourth-order valence-corrected chi connectivity index (χ4v) is 3.22. The number of nitrogens with one attached hydrogen (secondary N) is 2. The molecule has 0 aliphatic carbocycles. The molecule has 0 radical (unpaired) electrons. The maximum Gasteiger partial charge on any atom is 0.304 e. The predicted molar refractivity (Wildman–Crippen MR) is 77.5 cm³/mol. The van der Waals surface area contributed by atoms with E-state index in [4.69, 9.17) is 5.73 Å². The van der Waals surface area contributed by atoms with Crippen molar-refractivity contribution in [3.8, 4) is 0 Å². The topological polar surface area (TPSA) is 105 Å². The highest BCUT2D eigenvalue weighted by Gasteiger charge is 2.15. The van der Waals surface area contributed by atoms with Crippen molar-refractivity contribution in [2.45, 2.75) is 11.4 Å². The first-order chi connectivity index (χ1) is 8.88. The van der Waals surface area contributed by atoms with Crippen molar-refractivity contribution < 1.29 is 8.42 Å². The first-order valence-electron chi connectivity index (χ1n) is 5.10. The lowest BCUT2D eigenvalue weighted by atomic mass is 10.3. The van der Waals surface area contributed by atoms with Gasteiger partial charge in [-0.25, -0.2) is 13.1 Å². The lowest BCUT2D eigenvalue weighted by molar-refractivity contribution is 0.580. The minimum absolute atomic E-state index is 0.0248. The summed E-state index contributed by atoms with van der Waals surface area (Å²) in [7, 11) is -3.66. The number of nitrogens with two attached hydrogens (primary N) is 1. The summed E-state index contributed by atoms with van der Waals surface area (Å²) in [6.07, 6.45) is 0. The first-order valence-corrected chi connectivity index (χ1v) is 8.25. The van der Waals surface area contributed by atoms with E-state index in [9.17, 15) is 13.2 Å². The Morgan fingerprint density at radius 1 is 1.42 bits per heavy atom. The zero-order valence-corrected chi connectivity index (χ0v) is 12.7. The number of benzene rings is 1. The van der Waals surface area contributed by atoms with Crippen LogP contribution in [0.1, 0.15) is 5.69 Å². The molecule has 1 aromatic heterocycles. The molecule has 0 amide bonds. The van der Waals surface area contributed by atoms with Crippen LogP contribution < -0.4 is 15.3 Å². The summed E-state index contributed by atoms with van der Waals surface area (Å²) in [5, 5.41) is 1.57. The largest absolute Gasteiger partial charge is 0.398 e. The van der Waals surface area contributed by atoms with Gasteiger partial charge < -0.3 is 10.7 Å². The van der Waals surface area contributed by atoms with E-state index in [0.717, 1.165) is 11.3 Å². The predicted octanol–water partition coefficient (Wildman–Crippen LogP) is 1.26. The van der Waals surface area contributed by atoms with Crippen molar-refractivity contribution in [2.24, 2.45) is 0 Å². The van der Waals surface area contributed by atoms with Crippen LogP contribution in [-0.4, -0.2) is 13.4 Å². The zero-order valence-electron chi connectivity index (χ0n) is 9.51. The number of rotatable bonds is 4.